The van der Waals surface area contributed by atoms with Crippen LogP contribution in [-0.4, -0.2) is 45.8 Å². The first-order valence-corrected chi connectivity index (χ1v) is 12.0. The third kappa shape index (κ3) is 5.94. The minimum Gasteiger partial charge on any atom is -0.480 e. The van der Waals surface area contributed by atoms with Crippen molar-refractivity contribution < 1.29 is 28.5 Å². The molecular weight excluding hydrogens is 454 g/mol. The van der Waals surface area contributed by atoms with Crippen LogP contribution in [0.3, 0.4) is 0 Å². The highest BCUT2D eigenvalue weighted by atomic mass is 19.2. The van der Waals surface area contributed by atoms with Gasteiger partial charge in [0.1, 0.15) is 12.3 Å². The summed E-state index contributed by atoms with van der Waals surface area (Å²) in [5.41, 5.74) is 2.69. The maximum absolute atomic E-state index is 14.9. The van der Waals surface area contributed by atoms with Gasteiger partial charge in [-0.05, 0) is 43.6 Å². The Kier molecular flexibility index (Phi) is 8.25. The molecule has 0 unspecified atom stereocenters. The van der Waals surface area contributed by atoms with E-state index in [0.29, 0.717) is 41.9 Å². The van der Waals surface area contributed by atoms with E-state index >= 15 is 0 Å². The van der Waals surface area contributed by atoms with Gasteiger partial charge < -0.3 is 14.9 Å². The smallest absolute Gasteiger partial charge is 0.329 e. The van der Waals surface area contributed by atoms with Gasteiger partial charge >= 0.3 is 5.97 Å². The van der Waals surface area contributed by atoms with Crippen molar-refractivity contribution in [3.05, 3.63) is 65.9 Å². The molecule has 8 heteroatoms. The van der Waals surface area contributed by atoms with Gasteiger partial charge in [0.15, 0.2) is 11.6 Å². The number of aromatic nitrogens is 2. The first kappa shape index (κ1) is 25.0. The van der Waals surface area contributed by atoms with E-state index in [1.54, 1.807) is 6.07 Å². The molecule has 0 radical (unpaired) electrons. The lowest BCUT2D eigenvalue weighted by Crippen LogP contribution is -2.24. The van der Waals surface area contributed by atoms with Gasteiger partial charge in [-0.25, -0.2) is 13.6 Å². The number of rotatable bonds is 10. The molecule has 0 saturated heterocycles. The highest BCUT2D eigenvalue weighted by molar-refractivity contribution is 5.83. The summed E-state index contributed by atoms with van der Waals surface area (Å²) in [5.74, 6) is -2.15. The summed E-state index contributed by atoms with van der Waals surface area (Å²) in [5, 5.41) is 23.4. The summed E-state index contributed by atoms with van der Waals surface area (Å²) in [6.45, 7) is 0.628. The van der Waals surface area contributed by atoms with E-state index in [4.69, 9.17) is 14.9 Å². The van der Waals surface area contributed by atoms with Gasteiger partial charge in [-0.1, -0.05) is 42.5 Å². The van der Waals surface area contributed by atoms with Gasteiger partial charge in [0.2, 0.25) is 0 Å². The van der Waals surface area contributed by atoms with Crippen LogP contribution >= 0.6 is 0 Å². The normalized spacial score (nSPS) is 18.0. The lowest BCUT2D eigenvalue weighted by Gasteiger charge is -2.28. The number of aliphatic hydroxyl groups is 1. The lowest BCUT2D eigenvalue weighted by molar-refractivity contribution is -0.142. The molecule has 2 N–H and O–H groups in total. The molecule has 1 aliphatic rings. The first-order valence-electron chi connectivity index (χ1n) is 12.0. The highest BCUT2D eigenvalue weighted by Crippen LogP contribution is 2.38. The molecule has 4 rings (SSSR count). The summed E-state index contributed by atoms with van der Waals surface area (Å²) < 4.78 is 36.2. The van der Waals surface area contributed by atoms with Gasteiger partial charge in [0.05, 0.1) is 6.61 Å². The van der Waals surface area contributed by atoms with E-state index in [2.05, 4.69) is 0 Å². The Hall–Kier alpha value is -3.10. The Labute approximate surface area is 203 Å². The Balaban J connectivity index is 1.62. The summed E-state index contributed by atoms with van der Waals surface area (Å²) in [6, 6.07) is 13.5. The molecule has 1 heterocycles. The fraction of sp³-hybridized carbons (Fsp3) is 0.407. The fourth-order valence-electron chi connectivity index (χ4n) is 4.92. The molecule has 35 heavy (non-hydrogen) atoms. The SMILES string of the molecule is O=C(O)COCC1CCC(Cn2nc(-c3ccccc3)c(-c3cccc(F)c3F)c2CCO)CC1. The predicted molar refractivity (Wildman–Crippen MR) is 128 cm³/mol. The Morgan fingerprint density at radius 2 is 1.74 bits per heavy atom. The summed E-state index contributed by atoms with van der Waals surface area (Å²) >= 11 is 0. The van der Waals surface area contributed by atoms with E-state index in [1.165, 1.54) is 6.07 Å². The van der Waals surface area contributed by atoms with Crippen LogP contribution in [0.25, 0.3) is 22.4 Å². The van der Waals surface area contributed by atoms with Crippen molar-refractivity contribution in [2.75, 3.05) is 19.8 Å². The van der Waals surface area contributed by atoms with Gasteiger partial charge in [0, 0.05) is 42.0 Å². The maximum atomic E-state index is 14.9. The number of hydrogen-bond donors (Lipinski definition) is 2. The van der Waals surface area contributed by atoms with E-state index in [0.717, 1.165) is 37.3 Å². The molecule has 3 aromatic rings. The number of benzene rings is 2. The van der Waals surface area contributed by atoms with Crippen molar-refractivity contribution in [3.8, 4) is 22.4 Å². The number of ether oxygens (including phenoxy) is 1. The molecular formula is C27H30F2N2O4. The van der Waals surface area contributed by atoms with Crippen LogP contribution in [0.5, 0.6) is 0 Å². The van der Waals surface area contributed by atoms with Crippen molar-refractivity contribution in [1.82, 2.24) is 9.78 Å². The number of carbonyl (C=O) groups is 1. The zero-order chi connectivity index (χ0) is 24.8. The predicted octanol–water partition coefficient (Wildman–Crippen LogP) is 4.94. The molecule has 186 valence electrons. The maximum Gasteiger partial charge on any atom is 0.329 e. The van der Waals surface area contributed by atoms with Crippen molar-refractivity contribution >= 4 is 5.97 Å². The lowest BCUT2D eigenvalue weighted by atomic mass is 9.82. The molecule has 6 nitrogen and oxygen atoms in total. The second-order valence-corrected chi connectivity index (χ2v) is 9.09. The number of carboxylic acid groups (broad SMARTS) is 1. The zero-order valence-corrected chi connectivity index (χ0v) is 19.5. The minimum atomic E-state index is -0.964. The monoisotopic (exact) mass is 484 g/mol. The molecule has 1 fully saturated rings. The second-order valence-electron chi connectivity index (χ2n) is 9.09. The summed E-state index contributed by atoms with van der Waals surface area (Å²) in [7, 11) is 0. The third-order valence-corrected chi connectivity index (χ3v) is 6.65. The van der Waals surface area contributed by atoms with E-state index < -0.39 is 17.6 Å². The van der Waals surface area contributed by atoms with Crippen molar-refractivity contribution in [1.29, 1.82) is 0 Å². The largest absolute Gasteiger partial charge is 0.480 e. The number of nitrogens with zero attached hydrogens (tertiary/aromatic N) is 2. The zero-order valence-electron chi connectivity index (χ0n) is 19.5. The minimum absolute atomic E-state index is 0.137. The van der Waals surface area contributed by atoms with E-state index in [1.807, 2.05) is 35.0 Å². The number of halogens is 2. The third-order valence-electron chi connectivity index (χ3n) is 6.65. The number of hydrogen-bond acceptors (Lipinski definition) is 4. The van der Waals surface area contributed by atoms with Gasteiger partial charge in [-0.2, -0.15) is 5.10 Å². The van der Waals surface area contributed by atoms with Gasteiger partial charge in [-0.3, -0.25) is 4.68 Å². The molecule has 0 bridgehead atoms. The topological polar surface area (TPSA) is 84.6 Å². The van der Waals surface area contributed by atoms with Crippen molar-refractivity contribution in [2.45, 2.75) is 38.6 Å². The van der Waals surface area contributed by atoms with Crippen LogP contribution in [0.2, 0.25) is 0 Å². The average molecular weight is 485 g/mol. The van der Waals surface area contributed by atoms with Crippen LogP contribution in [0.4, 0.5) is 8.78 Å². The van der Waals surface area contributed by atoms with Crippen LogP contribution in [0.15, 0.2) is 48.5 Å². The number of aliphatic carboxylic acids is 1. The molecule has 0 atom stereocenters. The number of carboxylic acids is 1. The van der Waals surface area contributed by atoms with Gasteiger partial charge in [-0.15, -0.1) is 0 Å². The van der Waals surface area contributed by atoms with Crippen LogP contribution < -0.4 is 0 Å². The fourth-order valence-corrected chi connectivity index (χ4v) is 4.92. The molecule has 2 aromatic carbocycles. The van der Waals surface area contributed by atoms with Crippen LogP contribution in [-0.2, 0) is 22.5 Å². The molecule has 1 saturated carbocycles. The first-order chi connectivity index (χ1) is 17.0. The molecule has 0 amide bonds. The van der Waals surface area contributed by atoms with Crippen LogP contribution in [0, 0.1) is 23.5 Å². The van der Waals surface area contributed by atoms with Crippen molar-refractivity contribution in [2.24, 2.45) is 11.8 Å². The van der Waals surface area contributed by atoms with E-state index in [-0.39, 0.29) is 25.2 Å². The average Bonchev–Trinajstić information content (AvgIpc) is 3.20. The van der Waals surface area contributed by atoms with Crippen LogP contribution in [0.1, 0.15) is 31.4 Å². The molecule has 0 spiro atoms. The Bertz CT molecular complexity index is 1140. The molecule has 1 aromatic heterocycles. The Morgan fingerprint density at radius 1 is 1.03 bits per heavy atom. The molecule has 1 aliphatic carbocycles. The second kappa shape index (κ2) is 11.6. The standard InChI is InChI=1S/C27H30F2N2O4/c28-22-8-4-7-21(26(22)29)25-23(13-14-32)31(30-27(25)20-5-2-1-3-6-20)15-18-9-11-19(12-10-18)16-35-17-24(33)34/h1-8,18-19,32H,9-17H2,(H,33,34). The van der Waals surface area contributed by atoms with Gasteiger partial charge in [0.25, 0.3) is 0 Å². The summed E-state index contributed by atoms with van der Waals surface area (Å²) in [4.78, 5) is 10.7. The van der Waals surface area contributed by atoms with Crippen molar-refractivity contribution in [3.63, 3.8) is 0 Å². The molecule has 0 aliphatic heterocycles. The highest BCUT2D eigenvalue weighted by Gasteiger charge is 2.27. The quantitative estimate of drug-likeness (QED) is 0.426. The summed E-state index contributed by atoms with van der Waals surface area (Å²) in [6.07, 6.45) is 3.99. The van der Waals surface area contributed by atoms with E-state index in [9.17, 15) is 18.7 Å². The number of aliphatic hydroxyl groups excluding tert-OH is 1. The Morgan fingerprint density at radius 3 is 2.43 bits per heavy atom.